The van der Waals surface area contributed by atoms with E-state index >= 15 is 0 Å². The third-order valence-electron chi connectivity index (χ3n) is 2.29. The highest BCUT2D eigenvalue weighted by molar-refractivity contribution is 7.86. The van der Waals surface area contributed by atoms with Gasteiger partial charge in [0.1, 0.15) is 6.33 Å². The van der Waals surface area contributed by atoms with Gasteiger partial charge in [-0.25, -0.2) is 4.98 Å². The first-order valence-electron chi connectivity index (χ1n) is 5.44. The van der Waals surface area contributed by atoms with Gasteiger partial charge in [0.2, 0.25) is 5.88 Å². The molecule has 0 saturated heterocycles. The lowest BCUT2D eigenvalue weighted by atomic mass is 10.2. The van der Waals surface area contributed by atoms with Crippen LogP contribution >= 0.6 is 0 Å². The van der Waals surface area contributed by atoms with Crippen molar-refractivity contribution < 1.29 is 12.6 Å². The minimum Gasteiger partial charge on any atom is -0.362 e. The molecule has 7 heteroatoms. The third kappa shape index (κ3) is 3.92. The lowest BCUT2D eigenvalue weighted by molar-refractivity contribution is 0.478. The second-order valence-electron chi connectivity index (χ2n) is 3.97. The van der Waals surface area contributed by atoms with Gasteiger partial charge in [0.25, 0.3) is 5.56 Å². The zero-order valence-electron chi connectivity index (χ0n) is 10.2. The number of benzene rings is 1. The first-order chi connectivity index (χ1) is 8.94. The molecule has 6 nitrogen and oxygen atoms in total. The molecule has 0 fully saturated rings. The van der Waals surface area contributed by atoms with Crippen LogP contribution in [0.4, 0.5) is 0 Å². The van der Waals surface area contributed by atoms with E-state index in [-0.39, 0.29) is 11.4 Å². The summed E-state index contributed by atoms with van der Waals surface area (Å²) in [5.74, 6) is -0.225. The Hall–Kier alpha value is -2.15. The second kappa shape index (κ2) is 5.23. The zero-order valence-corrected chi connectivity index (χ0v) is 11.0. The van der Waals surface area contributed by atoms with Gasteiger partial charge in [0.05, 0.1) is 18.9 Å². The van der Waals surface area contributed by atoms with E-state index in [1.165, 1.54) is 10.9 Å². The predicted octanol–water partition coefficient (Wildman–Crippen LogP) is 0.630. The standard InChI is InChI=1S/C12H12N2O4S/c1-19(16,17)18-11-7-12(15)14(9-13-11)8-10-5-3-2-4-6-10/h2-7,9H,8H2,1H3. The molecule has 0 aliphatic heterocycles. The van der Waals surface area contributed by atoms with Crippen LogP contribution in [-0.4, -0.2) is 24.2 Å². The fourth-order valence-electron chi connectivity index (χ4n) is 1.51. The normalized spacial score (nSPS) is 11.2. The fourth-order valence-corrected chi connectivity index (χ4v) is 1.91. The molecule has 0 spiro atoms. The van der Waals surface area contributed by atoms with Crippen molar-refractivity contribution in [2.75, 3.05) is 6.26 Å². The van der Waals surface area contributed by atoms with Gasteiger partial charge >= 0.3 is 10.1 Å². The van der Waals surface area contributed by atoms with Crippen molar-refractivity contribution in [2.24, 2.45) is 0 Å². The molecule has 1 aromatic heterocycles. The summed E-state index contributed by atoms with van der Waals surface area (Å²) in [6.07, 6.45) is 2.15. The molecule has 0 aliphatic rings. The van der Waals surface area contributed by atoms with E-state index in [1.54, 1.807) is 0 Å². The Labute approximate surface area is 110 Å². The average Bonchev–Trinajstić information content (AvgIpc) is 2.32. The van der Waals surface area contributed by atoms with Gasteiger partial charge in [0, 0.05) is 0 Å². The molecule has 0 atom stereocenters. The minimum absolute atomic E-state index is 0.225. The predicted molar refractivity (Wildman–Crippen MR) is 69.5 cm³/mol. The van der Waals surface area contributed by atoms with E-state index in [1.807, 2.05) is 30.3 Å². The number of rotatable bonds is 4. The molecule has 1 aromatic carbocycles. The van der Waals surface area contributed by atoms with Gasteiger partial charge in [-0.05, 0) is 5.56 Å². The lowest BCUT2D eigenvalue weighted by Gasteiger charge is -2.06. The van der Waals surface area contributed by atoms with Crippen LogP contribution in [0.2, 0.25) is 0 Å². The molecule has 0 N–H and O–H groups in total. The molecular formula is C12H12N2O4S. The highest BCUT2D eigenvalue weighted by Crippen LogP contribution is 2.05. The third-order valence-corrected chi connectivity index (χ3v) is 2.76. The maximum absolute atomic E-state index is 11.8. The van der Waals surface area contributed by atoms with Crippen LogP contribution in [0.3, 0.4) is 0 Å². The molecule has 0 radical (unpaired) electrons. The smallest absolute Gasteiger partial charge is 0.307 e. The van der Waals surface area contributed by atoms with Crippen molar-refractivity contribution in [1.29, 1.82) is 0 Å². The Balaban J connectivity index is 2.23. The second-order valence-corrected chi connectivity index (χ2v) is 5.54. The molecule has 0 amide bonds. The lowest BCUT2D eigenvalue weighted by Crippen LogP contribution is -2.21. The summed E-state index contributed by atoms with van der Waals surface area (Å²) in [5.41, 5.74) is 0.570. The SMILES string of the molecule is CS(=O)(=O)Oc1cc(=O)n(Cc2ccccc2)cn1. The minimum atomic E-state index is -3.68. The van der Waals surface area contributed by atoms with E-state index in [9.17, 15) is 13.2 Å². The van der Waals surface area contributed by atoms with E-state index in [4.69, 9.17) is 0 Å². The Kier molecular flexibility index (Phi) is 3.66. The molecule has 0 saturated carbocycles. The fraction of sp³-hybridized carbons (Fsp3) is 0.167. The van der Waals surface area contributed by atoms with Crippen molar-refractivity contribution in [3.05, 3.63) is 58.6 Å². The van der Waals surface area contributed by atoms with E-state index < -0.39 is 10.1 Å². The zero-order chi connectivity index (χ0) is 13.9. The Morgan fingerprint density at radius 3 is 2.53 bits per heavy atom. The summed E-state index contributed by atoms with van der Waals surface area (Å²) < 4.78 is 27.7. The molecule has 2 aromatic rings. The van der Waals surface area contributed by atoms with Crippen LogP contribution in [-0.2, 0) is 16.7 Å². The summed E-state index contributed by atoms with van der Waals surface area (Å²) in [5, 5.41) is 0. The highest BCUT2D eigenvalue weighted by Gasteiger charge is 2.07. The van der Waals surface area contributed by atoms with Gasteiger partial charge in [0.15, 0.2) is 0 Å². The van der Waals surface area contributed by atoms with Gasteiger partial charge < -0.3 is 4.18 Å². The molecule has 100 valence electrons. The monoisotopic (exact) mass is 280 g/mol. The highest BCUT2D eigenvalue weighted by atomic mass is 32.2. The summed E-state index contributed by atoms with van der Waals surface area (Å²) in [6.45, 7) is 0.367. The van der Waals surface area contributed by atoms with Crippen LogP contribution in [0.5, 0.6) is 5.88 Å². The van der Waals surface area contributed by atoms with Gasteiger partial charge in [-0.2, -0.15) is 8.42 Å². The van der Waals surface area contributed by atoms with Crippen molar-refractivity contribution in [1.82, 2.24) is 9.55 Å². The van der Waals surface area contributed by atoms with Crippen LogP contribution in [0.15, 0.2) is 47.5 Å². The van der Waals surface area contributed by atoms with Crippen LogP contribution < -0.4 is 9.74 Å². The Morgan fingerprint density at radius 2 is 1.95 bits per heavy atom. The summed E-state index contributed by atoms with van der Waals surface area (Å²) in [7, 11) is -3.68. The first kappa shape index (κ1) is 13.3. The summed E-state index contributed by atoms with van der Waals surface area (Å²) in [6, 6.07) is 10.4. The van der Waals surface area contributed by atoms with E-state index in [2.05, 4.69) is 9.17 Å². The first-order valence-corrected chi connectivity index (χ1v) is 7.25. The largest absolute Gasteiger partial charge is 0.362 e. The van der Waals surface area contributed by atoms with Crippen molar-refractivity contribution >= 4 is 10.1 Å². The quantitative estimate of drug-likeness (QED) is 0.768. The van der Waals surface area contributed by atoms with Gasteiger partial charge in [-0.15, -0.1) is 0 Å². The summed E-state index contributed by atoms with van der Waals surface area (Å²) >= 11 is 0. The van der Waals surface area contributed by atoms with Crippen LogP contribution in [0.25, 0.3) is 0 Å². The summed E-state index contributed by atoms with van der Waals surface area (Å²) in [4.78, 5) is 15.6. The molecular weight excluding hydrogens is 268 g/mol. The maximum atomic E-state index is 11.8. The molecule has 0 bridgehead atoms. The average molecular weight is 280 g/mol. The van der Waals surface area contributed by atoms with Crippen LogP contribution in [0, 0.1) is 0 Å². The molecule has 0 aliphatic carbocycles. The number of hydrogen-bond donors (Lipinski definition) is 0. The van der Waals surface area contributed by atoms with Crippen molar-refractivity contribution in [3.63, 3.8) is 0 Å². The van der Waals surface area contributed by atoms with Gasteiger partial charge in [-0.1, -0.05) is 30.3 Å². The number of hydrogen-bond acceptors (Lipinski definition) is 5. The Bertz CT molecular complexity index is 723. The van der Waals surface area contributed by atoms with E-state index in [0.717, 1.165) is 17.9 Å². The molecule has 1 heterocycles. The molecule has 2 rings (SSSR count). The number of aromatic nitrogens is 2. The number of nitrogens with zero attached hydrogens (tertiary/aromatic N) is 2. The van der Waals surface area contributed by atoms with Gasteiger partial charge in [-0.3, -0.25) is 9.36 Å². The van der Waals surface area contributed by atoms with Crippen molar-refractivity contribution in [3.8, 4) is 5.88 Å². The Morgan fingerprint density at radius 1 is 1.26 bits per heavy atom. The van der Waals surface area contributed by atoms with E-state index in [0.29, 0.717) is 6.54 Å². The van der Waals surface area contributed by atoms with Crippen molar-refractivity contribution in [2.45, 2.75) is 6.54 Å². The molecule has 0 unspecified atom stereocenters. The maximum Gasteiger partial charge on any atom is 0.307 e. The van der Waals surface area contributed by atoms with Crippen LogP contribution in [0.1, 0.15) is 5.56 Å². The topological polar surface area (TPSA) is 78.3 Å². The molecule has 19 heavy (non-hydrogen) atoms.